The van der Waals surface area contributed by atoms with Crippen LogP contribution in [0.2, 0.25) is 5.15 Å². The average molecular weight is 395 g/mol. The number of hydrogen-bond donors (Lipinski definition) is 1. The third kappa shape index (κ3) is 5.66. The number of rotatable bonds is 8. The third-order valence-electron chi connectivity index (χ3n) is 4.20. The van der Waals surface area contributed by atoms with Crippen molar-refractivity contribution in [3.8, 4) is 11.3 Å². The zero-order valence-electron chi connectivity index (χ0n) is 14.5. The zero-order chi connectivity index (χ0) is 18.3. The molecule has 0 saturated heterocycles. The summed E-state index contributed by atoms with van der Waals surface area (Å²) in [5, 5.41) is 8.70. The summed E-state index contributed by atoms with van der Waals surface area (Å²) in [4.78, 5) is 0. The molecule has 0 amide bonds. The second kappa shape index (κ2) is 9.51. The van der Waals surface area contributed by atoms with Crippen molar-refractivity contribution >= 4 is 40.8 Å². The molecule has 0 radical (unpaired) electrons. The van der Waals surface area contributed by atoms with Gasteiger partial charge in [0.25, 0.3) is 0 Å². The number of halogens is 1. The molecule has 0 aliphatic rings. The Kier molecular flexibility index (Phi) is 7.66. The van der Waals surface area contributed by atoms with Gasteiger partial charge in [0.05, 0.1) is 0 Å². The normalized spacial score (nSPS) is 13.3. The van der Waals surface area contributed by atoms with Crippen molar-refractivity contribution in [1.82, 2.24) is 10.2 Å². The van der Waals surface area contributed by atoms with E-state index < -0.39 is 5.60 Å². The lowest BCUT2D eigenvalue weighted by Crippen LogP contribution is -2.28. The molecule has 1 aromatic heterocycles. The molecule has 0 aliphatic heterocycles. The van der Waals surface area contributed by atoms with Crippen molar-refractivity contribution in [2.45, 2.75) is 51.6 Å². The van der Waals surface area contributed by atoms with Gasteiger partial charge in [-0.25, -0.2) is 0 Å². The van der Waals surface area contributed by atoms with E-state index in [4.69, 9.17) is 28.6 Å². The van der Waals surface area contributed by atoms with Gasteiger partial charge in [0.2, 0.25) is 4.38 Å². The zero-order valence-corrected chi connectivity index (χ0v) is 17.0. The Labute approximate surface area is 165 Å². The summed E-state index contributed by atoms with van der Waals surface area (Å²) in [5.41, 5.74) is 1.95. The summed E-state index contributed by atoms with van der Waals surface area (Å²) < 4.78 is 6.20. The van der Waals surface area contributed by atoms with Gasteiger partial charge in [-0.2, -0.15) is 0 Å². The fourth-order valence-corrected chi connectivity index (χ4v) is 3.44. The molecule has 2 rings (SSSR count). The van der Waals surface area contributed by atoms with E-state index in [1.54, 1.807) is 0 Å². The van der Waals surface area contributed by atoms with Gasteiger partial charge >= 0.3 is 0 Å². The van der Waals surface area contributed by atoms with Crippen molar-refractivity contribution in [2.75, 3.05) is 0 Å². The Morgan fingerprint density at radius 2 is 1.92 bits per heavy atom. The Balaban J connectivity index is 2.44. The number of ether oxygens (including phenoxy) is 1. The highest BCUT2D eigenvalue weighted by Crippen LogP contribution is 2.38. The van der Waals surface area contributed by atoms with E-state index in [1.807, 2.05) is 43.3 Å². The lowest BCUT2D eigenvalue weighted by atomic mass is 9.87. The van der Waals surface area contributed by atoms with E-state index in [0.717, 1.165) is 36.1 Å². The van der Waals surface area contributed by atoms with Crippen molar-refractivity contribution in [3.05, 3.63) is 47.1 Å². The fraction of sp³-hybridized carbons (Fsp3) is 0.421. The van der Waals surface area contributed by atoms with E-state index in [-0.39, 0.29) is 4.38 Å². The predicted molar refractivity (Wildman–Crippen MR) is 111 cm³/mol. The molecule has 134 valence electrons. The van der Waals surface area contributed by atoms with Crippen LogP contribution in [0.5, 0.6) is 0 Å². The lowest BCUT2D eigenvalue weighted by Gasteiger charge is -2.32. The molecule has 0 saturated carbocycles. The summed E-state index contributed by atoms with van der Waals surface area (Å²) in [5.74, 6) is 0. The summed E-state index contributed by atoms with van der Waals surface area (Å²) in [7, 11) is 0. The number of unbranched alkanes of at least 4 members (excludes halogenated alkanes) is 3. The number of thiol groups is 1. The average Bonchev–Trinajstić information content (AvgIpc) is 2.59. The van der Waals surface area contributed by atoms with Gasteiger partial charge in [-0.1, -0.05) is 80.7 Å². The maximum Gasteiger partial charge on any atom is 0.217 e. The fourth-order valence-electron chi connectivity index (χ4n) is 2.90. The molecule has 2 aromatic rings. The van der Waals surface area contributed by atoms with Crippen LogP contribution in [0.1, 0.15) is 51.5 Å². The van der Waals surface area contributed by atoms with Crippen LogP contribution in [0.3, 0.4) is 0 Å². The van der Waals surface area contributed by atoms with Crippen LogP contribution in [0.4, 0.5) is 0 Å². The Bertz CT molecular complexity index is 712. The molecule has 1 heterocycles. The lowest BCUT2D eigenvalue weighted by molar-refractivity contribution is 0.0696. The van der Waals surface area contributed by atoms with Crippen LogP contribution in [-0.4, -0.2) is 14.6 Å². The Morgan fingerprint density at radius 3 is 2.56 bits per heavy atom. The van der Waals surface area contributed by atoms with Gasteiger partial charge in [-0.3, -0.25) is 0 Å². The van der Waals surface area contributed by atoms with E-state index in [2.05, 4.69) is 29.7 Å². The van der Waals surface area contributed by atoms with Gasteiger partial charge in [0.15, 0.2) is 5.15 Å². The predicted octanol–water partition coefficient (Wildman–Crippen LogP) is 6.21. The summed E-state index contributed by atoms with van der Waals surface area (Å²) in [6.45, 7) is 4.21. The number of thiocarbonyl (C=S) groups is 1. The maximum absolute atomic E-state index is 6.15. The second-order valence-corrected chi connectivity index (χ2v) is 7.67. The van der Waals surface area contributed by atoms with E-state index in [1.165, 1.54) is 12.8 Å². The molecule has 1 aromatic carbocycles. The van der Waals surface area contributed by atoms with E-state index in [0.29, 0.717) is 5.15 Å². The number of benzene rings is 1. The molecule has 0 fully saturated rings. The highest BCUT2D eigenvalue weighted by Gasteiger charge is 2.33. The number of aromatic nitrogens is 2. The third-order valence-corrected chi connectivity index (χ3v) is 4.56. The van der Waals surface area contributed by atoms with Crippen LogP contribution in [0.15, 0.2) is 36.4 Å². The van der Waals surface area contributed by atoms with Crippen molar-refractivity contribution < 1.29 is 4.74 Å². The molecule has 0 N–H and O–H groups in total. The van der Waals surface area contributed by atoms with Crippen LogP contribution >= 0.6 is 36.4 Å². The van der Waals surface area contributed by atoms with Crippen LogP contribution in [0.25, 0.3) is 11.3 Å². The highest BCUT2D eigenvalue weighted by molar-refractivity contribution is 8.10. The minimum atomic E-state index is -0.655. The van der Waals surface area contributed by atoms with Crippen LogP contribution in [0, 0.1) is 0 Å². The topological polar surface area (TPSA) is 35.0 Å². The quantitative estimate of drug-likeness (QED) is 0.327. The van der Waals surface area contributed by atoms with Crippen molar-refractivity contribution in [3.63, 3.8) is 0 Å². The molecule has 1 atom stereocenters. The summed E-state index contributed by atoms with van der Waals surface area (Å²) in [6.07, 6.45) is 5.34. The van der Waals surface area contributed by atoms with Crippen molar-refractivity contribution in [2.24, 2.45) is 0 Å². The number of nitrogens with zero attached hydrogens (tertiary/aromatic N) is 2. The van der Waals surface area contributed by atoms with Gasteiger partial charge in [0, 0.05) is 11.1 Å². The van der Waals surface area contributed by atoms with E-state index in [9.17, 15) is 0 Å². The smallest absolute Gasteiger partial charge is 0.217 e. The first-order chi connectivity index (χ1) is 12.0. The van der Waals surface area contributed by atoms with Gasteiger partial charge in [-0.05, 0) is 38.0 Å². The first-order valence-electron chi connectivity index (χ1n) is 8.47. The monoisotopic (exact) mass is 394 g/mol. The molecule has 0 bridgehead atoms. The SMILES string of the molecule is CCCCCCC(C)(OC(=S)S)c1cc(Cl)nnc1-c1ccccc1. The first kappa shape index (κ1) is 20.1. The minimum Gasteiger partial charge on any atom is -0.467 e. The Hall–Kier alpha value is -1.17. The summed E-state index contributed by atoms with van der Waals surface area (Å²) in [6, 6.07) is 11.7. The first-order valence-corrected chi connectivity index (χ1v) is 9.70. The van der Waals surface area contributed by atoms with E-state index >= 15 is 0 Å². The van der Waals surface area contributed by atoms with Crippen LogP contribution in [-0.2, 0) is 10.3 Å². The molecule has 6 heteroatoms. The van der Waals surface area contributed by atoms with Gasteiger partial charge in [0.1, 0.15) is 11.3 Å². The highest BCUT2D eigenvalue weighted by atomic mass is 35.5. The van der Waals surface area contributed by atoms with Gasteiger partial charge in [-0.15, -0.1) is 10.2 Å². The molecule has 0 aliphatic carbocycles. The second-order valence-electron chi connectivity index (χ2n) is 6.20. The largest absolute Gasteiger partial charge is 0.467 e. The summed E-state index contributed by atoms with van der Waals surface area (Å²) >= 11 is 15.5. The maximum atomic E-state index is 6.15. The molecule has 0 spiro atoms. The molecular formula is C19H23ClN2OS2. The Morgan fingerprint density at radius 1 is 1.20 bits per heavy atom. The minimum absolute atomic E-state index is 0.213. The number of hydrogen-bond acceptors (Lipinski definition) is 4. The standard InChI is InChI=1S/C19H23ClN2OS2/c1-3-4-5-9-12-19(2,23-18(24)25)15-13-16(20)21-22-17(15)14-10-7-6-8-11-14/h6-8,10-11,13H,3-5,9,12H2,1-2H3,(H,24,25). The molecular weight excluding hydrogens is 372 g/mol. The van der Waals surface area contributed by atoms with Crippen LogP contribution < -0.4 is 0 Å². The van der Waals surface area contributed by atoms with Crippen molar-refractivity contribution in [1.29, 1.82) is 0 Å². The molecule has 25 heavy (non-hydrogen) atoms. The molecule has 3 nitrogen and oxygen atoms in total. The van der Waals surface area contributed by atoms with Gasteiger partial charge < -0.3 is 4.74 Å². The molecule has 1 unspecified atom stereocenters.